The van der Waals surface area contributed by atoms with Gasteiger partial charge in [0.05, 0.1) is 6.61 Å². The topological polar surface area (TPSA) is 116 Å². The zero-order valence-electron chi connectivity index (χ0n) is 11.8. The molecule has 2 atom stereocenters. The number of hydrogen-bond acceptors (Lipinski definition) is 6. The molecule has 0 aromatic heterocycles. The second-order valence-electron chi connectivity index (χ2n) is 4.62. The van der Waals surface area contributed by atoms with Gasteiger partial charge in [-0.15, -0.1) is 0 Å². The molecule has 0 spiro atoms. The average Bonchev–Trinajstić information content (AvgIpc) is 2.76. The molecule has 22 heavy (non-hydrogen) atoms. The van der Waals surface area contributed by atoms with Gasteiger partial charge in [0, 0.05) is 11.6 Å². The van der Waals surface area contributed by atoms with Crippen LogP contribution in [0.15, 0.2) is 36.4 Å². The number of ketones is 1. The number of rotatable bonds is 5. The molecule has 1 aliphatic rings. The average molecular weight is 305 g/mol. The minimum absolute atomic E-state index is 0.0359. The molecule has 1 amide bonds. The van der Waals surface area contributed by atoms with Crippen LogP contribution in [0.3, 0.4) is 0 Å². The fourth-order valence-electron chi connectivity index (χ4n) is 2.11. The summed E-state index contributed by atoms with van der Waals surface area (Å²) in [5.41, 5.74) is 5.64. The van der Waals surface area contributed by atoms with E-state index >= 15 is 0 Å². The number of ether oxygens (including phenoxy) is 2. The Bertz CT molecular complexity index is 639. The van der Waals surface area contributed by atoms with Crippen molar-refractivity contribution in [3.8, 4) is 0 Å². The lowest BCUT2D eigenvalue weighted by Gasteiger charge is -2.27. The maximum Gasteiger partial charge on any atom is 0.325 e. The SMILES string of the molecule is CCOC(=O)[C@H](C(N)=O)[C@@]1(O)OC(c2ccccc2)=CC1=O. The lowest BCUT2D eigenvalue weighted by molar-refractivity contribution is -0.201. The summed E-state index contributed by atoms with van der Waals surface area (Å²) in [5.74, 6) is -7.86. The van der Waals surface area contributed by atoms with E-state index in [1.54, 1.807) is 30.3 Å². The first-order valence-corrected chi connectivity index (χ1v) is 6.59. The molecule has 1 aliphatic heterocycles. The molecule has 0 saturated heterocycles. The molecule has 1 aromatic carbocycles. The molecule has 7 heteroatoms. The number of esters is 1. The Morgan fingerprint density at radius 2 is 2.00 bits per heavy atom. The van der Waals surface area contributed by atoms with E-state index in [-0.39, 0.29) is 12.4 Å². The number of primary amides is 1. The Kier molecular flexibility index (Phi) is 4.27. The van der Waals surface area contributed by atoms with Gasteiger partial charge < -0.3 is 20.3 Å². The van der Waals surface area contributed by atoms with Gasteiger partial charge in [0.15, 0.2) is 0 Å². The van der Waals surface area contributed by atoms with Gasteiger partial charge in [0.1, 0.15) is 5.76 Å². The summed E-state index contributed by atoms with van der Waals surface area (Å²) in [6, 6.07) is 8.47. The van der Waals surface area contributed by atoms with Crippen molar-refractivity contribution in [1.82, 2.24) is 0 Å². The Hall–Kier alpha value is -2.67. The van der Waals surface area contributed by atoms with Gasteiger partial charge in [0.2, 0.25) is 17.6 Å². The summed E-state index contributed by atoms with van der Waals surface area (Å²) in [5, 5.41) is 10.4. The first kappa shape index (κ1) is 15.7. The van der Waals surface area contributed by atoms with Gasteiger partial charge >= 0.3 is 5.97 Å². The van der Waals surface area contributed by atoms with Crippen molar-refractivity contribution in [2.75, 3.05) is 6.61 Å². The number of benzene rings is 1. The van der Waals surface area contributed by atoms with E-state index in [0.29, 0.717) is 5.56 Å². The summed E-state index contributed by atoms with van der Waals surface area (Å²) in [6.45, 7) is 1.48. The largest absolute Gasteiger partial charge is 0.465 e. The van der Waals surface area contributed by atoms with Crippen LogP contribution in [0, 0.1) is 5.92 Å². The van der Waals surface area contributed by atoms with Crippen molar-refractivity contribution in [3.63, 3.8) is 0 Å². The lowest BCUT2D eigenvalue weighted by atomic mass is 9.94. The van der Waals surface area contributed by atoms with E-state index < -0.39 is 29.4 Å². The van der Waals surface area contributed by atoms with Crippen LogP contribution in [0.4, 0.5) is 0 Å². The molecule has 1 aromatic rings. The second kappa shape index (κ2) is 5.98. The molecule has 0 fully saturated rings. The maximum absolute atomic E-state index is 12.1. The van der Waals surface area contributed by atoms with Gasteiger partial charge in [-0.05, 0) is 6.92 Å². The van der Waals surface area contributed by atoms with Crippen molar-refractivity contribution >= 4 is 23.4 Å². The molecule has 116 valence electrons. The number of carbonyl (C=O) groups is 3. The number of aliphatic hydroxyl groups is 1. The van der Waals surface area contributed by atoms with Crippen LogP contribution in [-0.2, 0) is 23.9 Å². The highest BCUT2D eigenvalue weighted by Gasteiger charge is 2.57. The number of carbonyl (C=O) groups excluding carboxylic acids is 3. The van der Waals surface area contributed by atoms with Gasteiger partial charge in [-0.2, -0.15) is 0 Å². The molecule has 0 bridgehead atoms. The monoisotopic (exact) mass is 305 g/mol. The zero-order valence-corrected chi connectivity index (χ0v) is 11.8. The highest BCUT2D eigenvalue weighted by Crippen LogP contribution is 2.35. The highest BCUT2D eigenvalue weighted by molar-refractivity contribution is 6.11. The first-order chi connectivity index (χ1) is 10.4. The van der Waals surface area contributed by atoms with Crippen LogP contribution in [0.1, 0.15) is 12.5 Å². The molecular formula is C15H15NO6. The number of amides is 1. The van der Waals surface area contributed by atoms with Crippen molar-refractivity contribution in [3.05, 3.63) is 42.0 Å². The van der Waals surface area contributed by atoms with Crippen LogP contribution in [-0.4, -0.2) is 35.2 Å². The van der Waals surface area contributed by atoms with Gasteiger partial charge in [0.25, 0.3) is 5.79 Å². The van der Waals surface area contributed by atoms with Crippen molar-refractivity contribution in [1.29, 1.82) is 0 Å². The maximum atomic E-state index is 12.1. The molecule has 0 radical (unpaired) electrons. The minimum Gasteiger partial charge on any atom is -0.465 e. The fourth-order valence-corrected chi connectivity index (χ4v) is 2.11. The van der Waals surface area contributed by atoms with E-state index in [2.05, 4.69) is 4.74 Å². The Morgan fingerprint density at radius 1 is 1.36 bits per heavy atom. The van der Waals surface area contributed by atoms with Crippen LogP contribution >= 0.6 is 0 Å². The van der Waals surface area contributed by atoms with E-state index in [4.69, 9.17) is 10.5 Å². The van der Waals surface area contributed by atoms with E-state index in [1.807, 2.05) is 0 Å². The van der Waals surface area contributed by atoms with Crippen LogP contribution in [0.25, 0.3) is 5.76 Å². The Morgan fingerprint density at radius 3 is 2.55 bits per heavy atom. The Balaban J connectivity index is 2.33. The van der Waals surface area contributed by atoms with Gasteiger partial charge in [-0.25, -0.2) is 0 Å². The molecule has 0 saturated carbocycles. The molecule has 7 nitrogen and oxygen atoms in total. The standard InChI is InChI=1S/C15H15NO6/c1-2-21-14(19)12(13(16)18)15(20)11(17)8-10(22-15)9-6-4-3-5-7-9/h3-8,12,20H,2H2,1H3,(H2,16,18)/t12-,15-/m0/s1. The number of hydrogen-bond donors (Lipinski definition) is 2. The van der Waals surface area contributed by atoms with E-state index in [9.17, 15) is 19.5 Å². The minimum atomic E-state index is -2.69. The van der Waals surface area contributed by atoms with Crippen molar-refractivity contribution in [2.45, 2.75) is 12.7 Å². The lowest BCUT2D eigenvalue weighted by Crippen LogP contribution is -2.54. The van der Waals surface area contributed by atoms with Crippen LogP contribution < -0.4 is 5.73 Å². The molecule has 1 heterocycles. The summed E-state index contributed by atoms with van der Waals surface area (Å²) in [7, 11) is 0. The van der Waals surface area contributed by atoms with Crippen LogP contribution in [0.2, 0.25) is 0 Å². The smallest absolute Gasteiger partial charge is 0.325 e. The quantitative estimate of drug-likeness (QED) is 0.583. The third-order valence-electron chi connectivity index (χ3n) is 3.14. The normalized spacial score (nSPS) is 21.7. The van der Waals surface area contributed by atoms with Crippen molar-refractivity contribution < 1.29 is 29.0 Å². The fraction of sp³-hybridized carbons (Fsp3) is 0.267. The van der Waals surface area contributed by atoms with Gasteiger partial charge in [-0.1, -0.05) is 30.3 Å². The molecule has 0 aliphatic carbocycles. The third kappa shape index (κ3) is 2.71. The summed E-state index contributed by atoms with van der Waals surface area (Å²) >= 11 is 0. The number of nitrogens with two attached hydrogens (primary N) is 1. The first-order valence-electron chi connectivity index (χ1n) is 6.59. The molecule has 3 N–H and O–H groups in total. The predicted octanol–water partition coefficient (Wildman–Crippen LogP) is -0.0200. The van der Waals surface area contributed by atoms with Crippen molar-refractivity contribution in [2.24, 2.45) is 11.7 Å². The predicted molar refractivity (Wildman–Crippen MR) is 74.8 cm³/mol. The second-order valence-corrected chi connectivity index (χ2v) is 4.62. The third-order valence-corrected chi connectivity index (χ3v) is 3.14. The summed E-state index contributed by atoms with van der Waals surface area (Å²) in [4.78, 5) is 35.4. The molecule has 2 rings (SSSR count). The Labute approximate surface area is 126 Å². The van der Waals surface area contributed by atoms with E-state index in [0.717, 1.165) is 6.08 Å². The highest BCUT2D eigenvalue weighted by atomic mass is 16.6. The van der Waals surface area contributed by atoms with E-state index in [1.165, 1.54) is 6.92 Å². The summed E-state index contributed by atoms with van der Waals surface area (Å²) < 4.78 is 9.88. The molecular weight excluding hydrogens is 290 g/mol. The summed E-state index contributed by atoms with van der Waals surface area (Å²) in [6.07, 6.45) is 1.02. The zero-order chi connectivity index (χ0) is 16.3. The van der Waals surface area contributed by atoms with Gasteiger partial charge in [-0.3, -0.25) is 14.4 Å². The molecule has 0 unspecified atom stereocenters. The van der Waals surface area contributed by atoms with Crippen LogP contribution in [0.5, 0.6) is 0 Å².